The number of allylic oxidation sites excluding steroid dienone is 1. The predicted octanol–water partition coefficient (Wildman–Crippen LogP) is 4.68. The maximum atomic E-state index is 14.7. The number of ether oxygens (including phenoxy) is 2. The third-order valence-electron chi connectivity index (χ3n) is 11.4. The monoisotopic (exact) mass is 588 g/mol. The minimum absolute atomic E-state index is 0.0425. The van der Waals surface area contributed by atoms with E-state index >= 15 is 0 Å². The lowest BCUT2D eigenvalue weighted by atomic mass is 9.59. The van der Waals surface area contributed by atoms with E-state index in [2.05, 4.69) is 6.92 Å². The van der Waals surface area contributed by atoms with Crippen molar-refractivity contribution >= 4 is 17.7 Å². The van der Waals surface area contributed by atoms with Gasteiger partial charge in [0.25, 0.3) is 0 Å². The number of unbranched alkanes of at least 4 members (excludes halogenated alkanes) is 4. The highest BCUT2D eigenvalue weighted by atomic mass is 16.6. The van der Waals surface area contributed by atoms with Gasteiger partial charge >= 0.3 is 11.9 Å². The van der Waals surface area contributed by atoms with E-state index in [0.717, 1.165) is 32.1 Å². The number of carbonyl (C=O) groups excluding carboxylic acids is 3. The Hall–Kier alpha value is -2.03. The molecule has 42 heavy (non-hydrogen) atoms. The van der Waals surface area contributed by atoms with Crippen molar-refractivity contribution in [1.29, 1.82) is 0 Å². The summed E-state index contributed by atoms with van der Waals surface area (Å²) in [6.45, 7) is 14.9. The standard InChI is InChI=1S/C34H52O8/c1-9-10-11-12-13-14-25(35)42-33-17-21(5)32-16-20(4)27(36)34(32,40)28(37)23(18-41-30(39)22(6)19(2)3)15-24(29(32)38)26(33)31(33,7)8/h15-16,19,21-22,24,26-28,36-37,40H,9-14,17-18H2,1-8H3/t21-,22?,24?,26-,27?,28-,32?,33+,34?/m1/s1. The molecule has 8 heteroatoms. The van der Waals surface area contributed by atoms with Gasteiger partial charge in [-0.1, -0.05) is 86.3 Å². The number of ketones is 1. The number of carbonyl (C=O) groups is 3. The number of hydrogen-bond donors (Lipinski definition) is 3. The zero-order valence-electron chi connectivity index (χ0n) is 26.7. The Kier molecular flexibility index (Phi) is 8.98. The SMILES string of the molecule is CCCCCCCC(=O)O[C@@]12C[C@@H](C)C34C=C(C)C(O)C3(O)[C@H](O)C(COC(=O)C(C)C(C)C)=CC(C4=O)[C@@H]1C2(C)C. The van der Waals surface area contributed by atoms with Gasteiger partial charge in [-0.05, 0) is 42.7 Å². The minimum Gasteiger partial charge on any atom is -0.461 e. The maximum absolute atomic E-state index is 14.7. The average molecular weight is 589 g/mol. The first kappa shape index (κ1) is 32.9. The summed E-state index contributed by atoms with van der Waals surface area (Å²) < 4.78 is 12.0. The molecule has 0 saturated heterocycles. The Morgan fingerprint density at radius 1 is 1.07 bits per heavy atom. The van der Waals surface area contributed by atoms with Crippen molar-refractivity contribution in [2.45, 2.75) is 124 Å². The fraction of sp³-hybridized carbons (Fsp3) is 0.794. The number of esters is 2. The Labute approximate surface area is 250 Å². The molecule has 4 rings (SSSR count). The quantitative estimate of drug-likeness (QED) is 0.180. The molecular weight excluding hydrogens is 536 g/mol. The van der Waals surface area contributed by atoms with Crippen LogP contribution in [-0.4, -0.2) is 63.1 Å². The average Bonchev–Trinajstić information content (AvgIpc) is 3.34. The van der Waals surface area contributed by atoms with Gasteiger partial charge in [0.05, 0.1) is 11.3 Å². The molecule has 0 aromatic rings. The normalized spacial score (nSPS) is 38.9. The van der Waals surface area contributed by atoms with Crippen LogP contribution < -0.4 is 0 Å². The third kappa shape index (κ3) is 4.71. The second kappa shape index (κ2) is 11.5. The van der Waals surface area contributed by atoms with E-state index in [0.29, 0.717) is 18.4 Å². The van der Waals surface area contributed by atoms with Crippen molar-refractivity contribution in [3.8, 4) is 0 Å². The van der Waals surface area contributed by atoms with Crippen LogP contribution in [0, 0.1) is 40.4 Å². The van der Waals surface area contributed by atoms with Gasteiger partial charge in [-0.3, -0.25) is 14.4 Å². The second-order valence-electron chi connectivity index (χ2n) is 14.5. The van der Waals surface area contributed by atoms with Crippen molar-refractivity contribution in [3.63, 3.8) is 0 Å². The Bertz CT molecular complexity index is 1150. The summed E-state index contributed by atoms with van der Waals surface area (Å²) in [5.74, 6) is -3.18. The molecule has 0 heterocycles. The van der Waals surface area contributed by atoms with Gasteiger partial charge in [0.1, 0.15) is 30.0 Å². The van der Waals surface area contributed by atoms with Gasteiger partial charge in [0, 0.05) is 23.7 Å². The molecular formula is C34H52O8. The summed E-state index contributed by atoms with van der Waals surface area (Å²) in [5.41, 5.74) is -4.80. The number of fused-ring (bicyclic) bond motifs is 3. The van der Waals surface area contributed by atoms with E-state index in [1.165, 1.54) is 0 Å². The lowest BCUT2D eigenvalue weighted by Gasteiger charge is -2.48. The Morgan fingerprint density at radius 2 is 1.71 bits per heavy atom. The molecule has 3 N–H and O–H groups in total. The lowest BCUT2D eigenvalue weighted by Crippen LogP contribution is -2.65. The number of rotatable bonds is 11. The van der Waals surface area contributed by atoms with Crippen LogP contribution in [0.3, 0.4) is 0 Å². The van der Waals surface area contributed by atoms with Gasteiger partial charge < -0.3 is 24.8 Å². The van der Waals surface area contributed by atoms with Crippen LogP contribution in [0.1, 0.15) is 100 Å². The van der Waals surface area contributed by atoms with Gasteiger partial charge in [-0.2, -0.15) is 0 Å². The Morgan fingerprint density at radius 3 is 2.33 bits per heavy atom. The molecule has 2 saturated carbocycles. The van der Waals surface area contributed by atoms with E-state index in [4.69, 9.17) is 9.47 Å². The molecule has 0 radical (unpaired) electrons. The molecule has 5 unspecified atom stereocenters. The zero-order chi connectivity index (χ0) is 31.4. The summed E-state index contributed by atoms with van der Waals surface area (Å²) in [7, 11) is 0. The highest BCUT2D eigenvalue weighted by molar-refractivity contribution is 5.96. The van der Waals surface area contributed by atoms with Crippen LogP contribution in [0.2, 0.25) is 0 Å². The highest BCUT2D eigenvalue weighted by Gasteiger charge is 2.83. The van der Waals surface area contributed by atoms with Crippen LogP contribution in [0.15, 0.2) is 23.3 Å². The molecule has 0 aliphatic heterocycles. The largest absolute Gasteiger partial charge is 0.461 e. The molecule has 9 atom stereocenters. The smallest absolute Gasteiger partial charge is 0.309 e. The number of hydrogen-bond acceptors (Lipinski definition) is 8. The molecule has 2 fully saturated rings. The van der Waals surface area contributed by atoms with E-state index in [9.17, 15) is 29.7 Å². The molecule has 0 aromatic heterocycles. The Balaban J connectivity index is 1.74. The van der Waals surface area contributed by atoms with E-state index in [1.54, 1.807) is 26.0 Å². The van der Waals surface area contributed by atoms with Crippen LogP contribution in [0.5, 0.6) is 0 Å². The molecule has 0 aromatic carbocycles. The van der Waals surface area contributed by atoms with Crippen LogP contribution >= 0.6 is 0 Å². The van der Waals surface area contributed by atoms with Crippen molar-refractivity contribution in [3.05, 3.63) is 23.3 Å². The van der Waals surface area contributed by atoms with Crippen molar-refractivity contribution in [2.75, 3.05) is 6.61 Å². The maximum Gasteiger partial charge on any atom is 0.309 e. The first-order chi connectivity index (χ1) is 19.5. The fourth-order valence-electron chi connectivity index (χ4n) is 8.40. The first-order valence-electron chi connectivity index (χ1n) is 16.0. The topological polar surface area (TPSA) is 130 Å². The lowest BCUT2D eigenvalue weighted by molar-refractivity contribution is -0.192. The summed E-state index contributed by atoms with van der Waals surface area (Å²) in [6, 6.07) is 0. The highest BCUT2D eigenvalue weighted by Crippen LogP contribution is 2.75. The minimum atomic E-state index is -2.27. The molecule has 0 amide bonds. The van der Waals surface area contributed by atoms with E-state index < -0.39 is 58.0 Å². The fourth-order valence-corrected chi connectivity index (χ4v) is 8.40. The number of aliphatic hydroxyl groups is 3. The third-order valence-corrected chi connectivity index (χ3v) is 11.4. The van der Waals surface area contributed by atoms with Crippen molar-refractivity contribution < 1.29 is 39.2 Å². The number of aliphatic hydroxyl groups excluding tert-OH is 2. The summed E-state index contributed by atoms with van der Waals surface area (Å²) >= 11 is 0. The molecule has 8 nitrogen and oxygen atoms in total. The van der Waals surface area contributed by atoms with Gasteiger partial charge in [-0.25, -0.2) is 0 Å². The zero-order valence-corrected chi connectivity index (χ0v) is 26.7. The molecule has 1 spiro atoms. The van der Waals surface area contributed by atoms with Gasteiger partial charge in [-0.15, -0.1) is 0 Å². The summed E-state index contributed by atoms with van der Waals surface area (Å²) in [4.78, 5) is 40.7. The van der Waals surface area contributed by atoms with Crippen LogP contribution in [0.4, 0.5) is 0 Å². The van der Waals surface area contributed by atoms with Crippen LogP contribution in [0.25, 0.3) is 0 Å². The summed E-state index contributed by atoms with van der Waals surface area (Å²) in [6.07, 6.45) is 5.73. The van der Waals surface area contributed by atoms with Crippen molar-refractivity contribution in [2.24, 2.45) is 40.4 Å². The summed E-state index contributed by atoms with van der Waals surface area (Å²) in [5, 5.41) is 35.4. The van der Waals surface area contributed by atoms with E-state index in [1.807, 2.05) is 34.6 Å². The molecule has 2 bridgehead atoms. The van der Waals surface area contributed by atoms with Gasteiger partial charge in [0.2, 0.25) is 0 Å². The molecule has 4 aliphatic carbocycles. The molecule has 4 aliphatic rings. The number of Topliss-reactive ketones (excluding diaryl/α,β-unsaturated/α-hetero) is 1. The van der Waals surface area contributed by atoms with Crippen LogP contribution in [-0.2, 0) is 23.9 Å². The second-order valence-corrected chi connectivity index (χ2v) is 14.5. The first-order valence-corrected chi connectivity index (χ1v) is 16.0. The van der Waals surface area contributed by atoms with Crippen molar-refractivity contribution in [1.82, 2.24) is 0 Å². The van der Waals surface area contributed by atoms with E-state index in [-0.39, 0.29) is 35.8 Å². The van der Waals surface area contributed by atoms with Gasteiger partial charge in [0.15, 0.2) is 5.78 Å². The molecule has 236 valence electrons. The predicted molar refractivity (Wildman–Crippen MR) is 158 cm³/mol.